The quantitative estimate of drug-likeness (QED) is 0.637. The Morgan fingerprint density at radius 3 is 2.19 bits per heavy atom. The zero-order valence-corrected chi connectivity index (χ0v) is 20.5. The van der Waals surface area contributed by atoms with Crippen molar-refractivity contribution < 1.29 is 13.5 Å². The first-order valence-corrected chi connectivity index (χ1v) is 12.7. The number of hydrogen-bond acceptors (Lipinski definition) is 4. The van der Waals surface area contributed by atoms with Gasteiger partial charge in [0.1, 0.15) is 0 Å². The van der Waals surface area contributed by atoms with Crippen LogP contribution in [0.1, 0.15) is 78.7 Å². The summed E-state index contributed by atoms with van der Waals surface area (Å²) in [4.78, 5) is 2.67. The first-order chi connectivity index (χ1) is 14.1. The van der Waals surface area contributed by atoms with Crippen LogP contribution in [0.25, 0.3) is 0 Å². The van der Waals surface area contributed by atoms with E-state index in [0.29, 0.717) is 25.0 Å². The second-order valence-electron chi connectivity index (χ2n) is 12.2. The van der Waals surface area contributed by atoms with Gasteiger partial charge in [-0.15, -0.1) is 0 Å². The number of rotatable bonds is 3. The standard InChI is InChI=1S/C25H36N2O3S/c1-17-7-9-19(10-8-17)31(29,30)27-26-20-13-22(2,3)11-18-12-24(6)14-23(4,5)15-25(28,16-24)21(18)20/h7-10,27-28H,11-16H2,1-6H3/t24-,25-/m1/s1. The summed E-state index contributed by atoms with van der Waals surface area (Å²) in [6.45, 7) is 13.1. The summed E-state index contributed by atoms with van der Waals surface area (Å²) >= 11 is 0. The van der Waals surface area contributed by atoms with Gasteiger partial charge in [-0.25, -0.2) is 0 Å². The number of sulfonamides is 1. The van der Waals surface area contributed by atoms with Crippen molar-refractivity contribution in [1.29, 1.82) is 0 Å². The molecule has 2 atom stereocenters. The second kappa shape index (κ2) is 6.92. The monoisotopic (exact) mass is 444 g/mol. The molecule has 170 valence electrons. The van der Waals surface area contributed by atoms with Gasteiger partial charge in [0.05, 0.1) is 16.2 Å². The van der Waals surface area contributed by atoms with Crippen LogP contribution in [0.2, 0.25) is 0 Å². The molecule has 2 N–H and O–H groups in total. The highest BCUT2D eigenvalue weighted by Crippen LogP contribution is 2.61. The van der Waals surface area contributed by atoms with E-state index in [-0.39, 0.29) is 21.1 Å². The van der Waals surface area contributed by atoms with Crippen molar-refractivity contribution in [2.75, 3.05) is 0 Å². The van der Waals surface area contributed by atoms with E-state index in [4.69, 9.17) is 0 Å². The van der Waals surface area contributed by atoms with Crippen LogP contribution in [-0.4, -0.2) is 24.8 Å². The van der Waals surface area contributed by atoms with E-state index in [9.17, 15) is 13.5 Å². The molecule has 0 amide bonds. The van der Waals surface area contributed by atoms with Crippen LogP contribution in [0.4, 0.5) is 0 Å². The molecular formula is C25H36N2O3S. The fourth-order valence-electron chi connectivity index (χ4n) is 6.86. The fourth-order valence-corrected chi connectivity index (χ4v) is 7.69. The smallest absolute Gasteiger partial charge is 0.276 e. The van der Waals surface area contributed by atoms with Gasteiger partial charge in [-0.3, -0.25) is 0 Å². The second-order valence-corrected chi connectivity index (χ2v) is 13.8. The van der Waals surface area contributed by atoms with E-state index in [1.807, 2.05) is 6.92 Å². The SMILES string of the molecule is Cc1ccc(S(=O)(=O)NN=C2CC(C)(C)CC3=C2[C@@]2(O)CC(C)(C)C[C@@](C)(C3)C2)cc1. The third-order valence-corrected chi connectivity index (χ3v) is 8.34. The highest BCUT2D eigenvalue weighted by molar-refractivity contribution is 7.89. The van der Waals surface area contributed by atoms with Gasteiger partial charge in [-0.1, -0.05) is 57.9 Å². The zero-order chi connectivity index (χ0) is 22.9. The normalized spacial score (nSPS) is 33.2. The molecule has 0 aliphatic heterocycles. The number of aliphatic hydroxyl groups is 1. The molecule has 31 heavy (non-hydrogen) atoms. The molecule has 0 heterocycles. The minimum absolute atomic E-state index is 0.0269. The number of aryl methyl sites for hydroxylation is 1. The van der Waals surface area contributed by atoms with Gasteiger partial charge in [-0.2, -0.15) is 18.4 Å². The third kappa shape index (κ3) is 4.34. The van der Waals surface area contributed by atoms with E-state index in [1.54, 1.807) is 24.3 Å². The van der Waals surface area contributed by atoms with Crippen LogP contribution >= 0.6 is 0 Å². The maximum absolute atomic E-state index is 12.9. The molecule has 1 saturated carbocycles. The number of nitrogens with zero attached hydrogens (tertiary/aromatic N) is 1. The summed E-state index contributed by atoms with van der Waals surface area (Å²) in [5.74, 6) is 0. The topological polar surface area (TPSA) is 78.8 Å². The Labute approximate surface area is 187 Å². The third-order valence-electron chi connectivity index (χ3n) is 7.11. The molecule has 0 spiro atoms. The highest BCUT2D eigenvalue weighted by atomic mass is 32.2. The lowest BCUT2D eigenvalue weighted by Gasteiger charge is -2.57. The number of benzene rings is 1. The molecule has 4 rings (SSSR count). The van der Waals surface area contributed by atoms with Gasteiger partial charge in [-0.05, 0) is 73.8 Å². The van der Waals surface area contributed by atoms with Crippen molar-refractivity contribution >= 4 is 15.7 Å². The molecule has 2 bridgehead atoms. The lowest BCUT2D eigenvalue weighted by atomic mass is 9.49. The first kappa shape index (κ1) is 22.5. The van der Waals surface area contributed by atoms with Gasteiger partial charge in [0.15, 0.2) is 0 Å². The minimum Gasteiger partial charge on any atom is -0.385 e. The Balaban J connectivity index is 1.76. The van der Waals surface area contributed by atoms with Gasteiger partial charge in [0, 0.05) is 5.57 Å². The van der Waals surface area contributed by atoms with Crippen LogP contribution in [0.3, 0.4) is 0 Å². The number of hydrazone groups is 1. The van der Waals surface area contributed by atoms with Gasteiger partial charge < -0.3 is 5.11 Å². The summed E-state index contributed by atoms with van der Waals surface area (Å²) in [5, 5.41) is 16.4. The molecule has 6 heteroatoms. The average Bonchev–Trinajstić information content (AvgIpc) is 2.55. The Kier molecular flexibility index (Phi) is 5.03. The van der Waals surface area contributed by atoms with Crippen molar-refractivity contribution in [2.24, 2.45) is 21.3 Å². The van der Waals surface area contributed by atoms with E-state index in [0.717, 1.165) is 30.4 Å². The number of allylic oxidation sites excluding steroid dienone is 1. The Bertz CT molecular complexity index is 1070. The summed E-state index contributed by atoms with van der Waals surface area (Å²) in [6.07, 6.45) is 4.99. The molecule has 5 nitrogen and oxygen atoms in total. The minimum atomic E-state index is -3.77. The van der Waals surface area contributed by atoms with Gasteiger partial charge in [0.25, 0.3) is 10.0 Å². The average molecular weight is 445 g/mol. The Hall–Kier alpha value is -1.66. The van der Waals surface area contributed by atoms with Crippen molar-refractivity contribution in [2.45, 2.75) is 90.6 Å². The largest absolute Gasteiger partial charge is 0.385 e. The summed E-state index contributed by atoms with van der Waals surface area (Å²) < 4.78 is 25.7. The van der Waals surface area contributed by atoms with Crippen molar-refractivity contribution in [1.82, 2.24) is 4.83 Å². The fraction of sp³-hybridized carbons (Fsp3) is 0.640. The lowest BCUT2D eigenvalue weighted by Crippen LogP contribution is -2.54. The van der Waals surface area contributed by atoms with E-state index in [2.05, 4.69) is 44.6 Å². The van der Waals surface area contributed by atoms with E-state index in [1.165, 1.54) is 5.57 Å². The number of fused-ring (bicyclic) bond motifs is 3. The van der Waals surface area contributed by atoms with E-state index < -0.39 is 15.6 Å². The van der Waals surface area contributed by atoms with Crippen LogP contribution < -0.4 is 4.83 Å². The summed E-state index contributed by atoms with van der Waals surface area (Å²) in [5.41, 5.74) is 2.98. The highest BCUT2D eigenvalue weighted by Gasteiger charge is 2.56. The molecule has 0 saturated heterocycles. The molecule has 0 radical (unpaired) electrons. The predicted octanol–water partition coefficient (Wildman–Crippen LogP) is 5.10. The molecule has 0 aromatic heterocycles. The summed E-state index contributed by atoms with van der Waals surface area (Å²) in [7, 11) is -3.77. The summed E-state index contributed by atoms with van der Waals surface area (Å²) in [6, 6.07) is 6.74. The van der Waals surface area contributed by atoms with Crippen LogP contribution in [-0.2, 0) is 10.0 Å². The van der Waals surface area contributed by atoms with Crippen molar-refractivity contribution in [3.63, 3.8) is 0 Å². The predicted molar refractivity (Wildman–Crippen MR) is 124 cm³/mol. The van der Waals surface area contributed by atoms with Crippen molar-refractivity contribution in [3.05, 3.63) is 41.0 Å². The maximum atomic E-state index is 12.9. The van der Waals surface area contributed by atoms with Crippen LogP contribution in [0.15, 0.2) is 45.4 Å². The van der Waals surface area contributed by atoms with Crippen molar-refractivity contribution in [3.8, 4) is 0 Å². The molecule has 3 aliphatic carbocycles. The van der Waals surface area contributed by atoms with Crippen LogP contribution in [0, 0.1) is 23.2 Å². The zero-order valence-electron chi connectivity index (χ0n) is 19.7. The molecule has 1 fully saturated rings. The Morgan fingerprint density at radius 1 is 0.903 bits per heavy atom. The molecule has 1 aromatic carbocycles. The molecule has 0 unspecified atom stereocenters. The molecule has 1 aromatic rings. The first-order valence-electron chi connectivity index (χ1n) is 11.2. The molecule has 3 aliphatic rings. The van der Waals surface area contributed by atoms with Gasteiger partial charge >= 0.3 is 0 Å². The number of hydrogen-bond donors (Lipinski definition) is 2. The number of nitrogens with one attached hydrogen (secondary N) is 1. The van der Waals surface area contributed by atoms with E-state index >= 15 is 0 Å². The molecular weight excluding hydrogens is 408 g/mol. The van der Waals surface area contributed by atoms with Crippen LogP contribution in [0.5, 0.6) is 0 Å². The maximum Gasteiger partial charge on any atom is 0.276 e. The van der Waals surface area contributed by atoms with Gasteiger partial charge in [0.2, 0.25) is 0 Å². The Morgan fingerprint density at radius 2 is 1.55 bits per heavy atom. The lowest BCUT2D eigenvalue weighted by molar-refractivity contribution is -0.0754.